The van der Waals surface area contributed by atoms with Crippen LogP contribution in [0.25, 0.3) is 22.3 Å². The maximum absolute atomic E-state index is 13.5. The molecule has 0 fully saturated rings. The van der Waals surface area contributed by atoms with Gasteiger partial charge >= 0.3 is 5.97 Å². The molecule has 0 saturated carbocycles. The molecule has 164 valence electrons. The lowest BCUT2D eigenvalue weighted by atomic mass is 9.79. The van der Waals surface area contributed by atoms with Gasteiger partial charge in [0.1, 0.15) is 6.61 Å². The summed E-state index contributed by atoms with van der Waals surface area (Å²) in [6.07, 6.45) is 1.84. The molecular weight excluding hydrogens is 430 g/mol. The van der Waals surface area contributed by atoms with E-state index in [-0.39, 0.29) is 24.5 Å². The number of fused-ring (bicyclic) bond motifs is 5. The van der Waals surface area contributed by atoms with E-state index in [2.05, 4.69) is 0 Å². The van der Waals surface area contributed by atoms with Crippen molar-refractivity contribution in [2.45, 2.75) is 50.9 Å². The van der Waals surface area contributed by atoms with E-state index in [1.54, 1.807) is 17.6 Å². The van der Waals surface area contributed by atoms with Gasteiger partial charge in [-0.05, 0) is 61.1 Å². The molecule has 4 heterocycles. The van der Waals surface area contributed by atoms with Crippen LogP contribution in [0.15, 0.2) is 23.0 Å². The van der Waals surface area contributed by atoms with Gasteiger partial charge in [-0.25, -0.2) is 9.78 Å². The SMILES string of the molecule is CC[C@@]1(O)C(=O)OCc2c1cc1n(c2=O)Cc2c-1nc1ccc(Cl)c3c1c2C(CN)CC3. The Morgan fingerprint density at radius 3 is 2.88 bits per heavy atom. The smallest absolute Gasteiger partial charge is 0.343 e. The summed E-state index contributed by atoms with van der Waals surface area (Å²) in [6, 6.07) is 5.52. The zero-order valence-corrected chi connectivity index (χ0v) is 18.3. The van der Waals surface area contributed by atoms with Crippen LogP contribution in [0.1, 0.15) is 53.5 Å². The Morgan fingerprint density at radius 1 is 1.31 bits per heavy atom. The van der Waals surface area contributed by atoms with Crippen LogP contribution in [0.3, 0.4) is 0 Å². The van der Waals surface area contributed by atoms with E-state index in [0.717, 1.165) is 45.5 Å². The fraction of sp³-hybridized carbons (Fsp3) is 0.375. The van der Waals surface area contributed by atoms with Crippen LogP contribution in [-0.4, -0.2) is 27.2 Å². The maximum Gasteiger partial charge on any atom is 0.343 e. The molecule has 1 aliphatic carbocycles. The van der Waals surface area contributed by atoms with Gasteiger partial charge in [0, 0.05) is 21.5 Å². The van der Waals surface area contributed by atoms with Crippen molar-refractivity contribution in [3.63, 3.8) is 0 Å². The van der Waals surface area contributed by atoms with Crippen LogP contribution in [0.2, 0.25) is 5.02 Å². The summed E-state index contributed by atoms with van der Waals surface area (Å²) in [5, 5.41) is 12.8. The molecule has 1 unspecified atom stereocenters. The fourth-order valence-corrected chi connectivity index (χ4v) is 5.90. The number of nitrogens with zero attached hydrogens (tertiary/aromatic N) is 2. The quantitative estimate of drug-likeness (QED) is 0.454. The van der Waals surface area contributed by atoms with Crippen LogP contribution in [-0.2, 0) is 34.7 Å². The van der Waals surface area contributed by atoms with Crippen molar-refractivity contribution in [2.24, 2.45) is 5.73 Å². The van der Waals surface area contributed by atoms with Gasteiger partial charge in [-0.2, -0.15) is 0 Å². The fourth-order valence-electron chi connectivity index (χ4n) is 5.65. The van der Waals surface area contributed by atoms with E-state index in [4.69, 9.17) is 27.1 Å². The summed E-state index contributed by atoms with van der Waals surface area (Å²) in [5.41, 5.74) is 10.0. The highest BCUT2D eigenvalue weighted by molar-refractivity contribution is 6.32. The van der Waals surface area contributed by atoms with E-state index >= 15 is 0 Å². The lowest BCUT2D eigenvalue weighted by molar-refractivity contribution is -0.172. The number of carbonyl (C=O) groups is 1. The van der Waals surface area contributed by atoms with Crippen molar-refractivity contribution in [3.8, 4) is 11.4 Å². The minimum atomic E-state index is -1.84. The Balaban J connectivity index is 1.69. The Bertz CT molecular complexity index is 1410. The molecule has 32 heavy (non-hydrogen) atoms. The molecule has 8 heteroatoms. The molecule has 0 radical (unpaired) electrons. The predicted molar refractivity (Wildman–Crippen MR) is 120 cm³/mol. The molecule has 6 rings (SSSR count). The first-order valence-corrected chi connectivity index (χ1v) is 11.3. The van der Waals surface area contributed by atoms with Crippen LogP contribution in [0.4, 0.5) is 0 Å². The van der Waals surface area contributed by atoms with Gasteiger partial charge in [-0.1, -0.05) is 18.5 Å². The Kier molecular flexibility index (Phi) is 4.13. The van der Waals surface area contributed by atoms with Gasteiger partial charge in [0.2, 0.25) is 0 Å². The van der Waals surface area contributed by atoms with Gasteiger partial charge in [-0.15, -0.1) is 0 Å². The number of hydrogen-bond donors (Lipinski definition) is 2. The number of ether oxygens (including phenoxy) is 1. The van der Waals surface area contributed by atoms with Crippen LogP contribution < -0.4 is 11.3 Å². The van der Waals surface area contributed by atoms with Gasteiger partial charge in [-0.3, -0.25) is 4.79 Å². The number of halogens is 1. The number of esters is 1. The third-order valence-corrected chi connectivity index (χ3v) is 7.74. The highest BCUT2D eigenvalue weighted by Crippen LogP contribution is 2.46. The second-order valence-electron chi connectivity index (χ2n) is 8.85. The molecule has 0 bridgehead atoms. The summed E-state index contributed by atoms with van der Waals surface area (Å²) >= 11 is 6.52. The van der Waals surface area contributed by atoms with Crippen molar-refractivity contribution in [1.82, 2.24) is 9.55 Å². The number of carbonyl (C=O) groups excluding carboxylic acids is 1. The second kappa shape index (κ2) is 6.63. The lowest BCUT2D eigenvalue weighted by Gasteiger charge is -2.31. The standard InChI is InChI=1S/C24H22ClN3O4/c1-2-24(31)15-7-18-21-13(9-28(18)22(29)14(15)10-32-23(24)30)19-11(8-26)3-4-12-16(25)5-6-17(27-21)20(12)19/h5-7,11,31H,2-4,8-10,26H2,1H3/t11?,24-/m0/s1. The normalized spacial score (nSPS) is 23.0. The molecule has 3 N–H and O–H groups in total. The van der Waals surface area contributed by atoms with Gasteiger partial charge in [0.05, 0.1) is 29.0 Å². The van der Waals surface area contributed by atoms with E-state index in [0.29, 0.717) is 35.6 Å². The molecule has 1 aromatic carbocycles. The van der Waals surface area contributed by atoms with Crippen molar-refractivity contribution in [2.75, 3.05) is 6.54 Å². The van der Waals surface area contributed by atoms with Crippen molar-refractivity contribution in [3.05, 3.63) is 61.4 Å². The number of aryl methyl sites for hydroxylation is 1. The topological polar surface area (TPSA) is 107 Å². The zero-order chi connectivity index (χ0) is 22.4. The minimum absolute atomic E-state index is 0.113. The lowest BCUT2D eigenvalue weighted by Crippen LogP contribution is -2.44. The van der Waals surface area contributed by atoms with Gasteiger partial charge in [0.25, 0.3) is 5.56 Å². The third-order valence-electron chi connectivity index (χ3n) is 7.38. The number of cyclic esters (lactones) is 1. The number of aromatic nitrogens is 2. The highest BCUT2D eigenvalue weighted by atomic mass is 35.5. The molecule has 2 aromatic heterocycles. The molecule has 2 aliphatic heterocycles. The average Bonchev–Trinajstić information content (AvgIpc) is 3.17. The monoisotopic (exact) mass is 451 g/mol. The average molecular weight is 452 g/mol. The van der Waals surface area contributed by atoms with Crippen molar-refractivity contribution in [1.29, 1.82) is 0 Å². The number of benzene rings is 1. The molecule has 0 amide bonds. The number of pyridine rings is 2. The summed E-state index contributed by atoms with van der Waals surface area (Å²) in [4.78, 5) is 30.8. The maximum atomic E-state index is 13.5. The predicted octanol–water partition coefficient (Wildman–Crippen LogP) is 2.72. The van der Waals surface area contributed by atoms with E-state index in [9.17, 15) is 14.7 Å². The highest BCUT2D eigenvalue weighted by Gasteiger charge is 2.45. The number of hydrogen-bond acceptors (Lipinski definition) is 6. The molecule has 7 nitrogen and oxygen atoms in total. The number of nitrogens with two attached hydrogens (primary N) is 1. The number of aliphatic hydroxyl groups is 1. The second-order valence-corrected chi connectivity index (χ2v) is 9.25. The summed E-state index contributed by atoms with van der Waals surface area (Å²) in [6.45, 7) is 2.43. The van der Waals surface area contributed by atoms with Crippen molar-refractivity contribution >= 4 is 28.5 Å². The molecule has 2 atom stereocenters. The van der Waals surface area contributed by atoms with E-state index in [1.807, 2.05) is 12.1 Å². The zero-order valence-electron chi connectivity index (χ0n) is 17.6. The summed E-state index contributed by atoms with van der Waals surface area (Å²) in [5.74, 6) is -0.573. The summed E-state index contributed by atoms with van der Waals surface area (Å²) in [7, 11) is 0. The molecular formula is C24H22ClN3O4. The first kappa shape index (κ1) is 19.9. The Morgan fingerprint density at radius 2 is 2.12 bits per heavy atom. The largest absolute Gasteiger partial charge is 0.458 e. The van der Waals surface area contributed by atoms with Crippen molar-refractivity contribution < 1.29 is 14.6 Å². The first-order valence-electron chi connectivity index (χ1n) is 10.9. The summed E-state index contributed by atoms with van der Waals surface area (Å²) < 4.78 is 6.83. The van der Waals surface area contributed by atoms with Crippen LogP contribution in [0.5, 0.6) is 0 Å². The molecule has 0 saturated heterocycles. The molecule has 3 aliphatic rings. The Hall–Kier alpha value is -2.74. The number of rotatable bonds is 2. The molecule has 0 spiro atoms. The first-order chi connectivity index (χ1) is 15.4. The van der Waals surface area contributed by atoms with Gasteiger partial charge < -0.3 is 20.1 Å². The van der Waals surface area contributed by atoms with Gasteiger partial charge in [0.15, 0.2) is 5.60 Å². The third kappa shape index (κ3) is 2.36. The molecule has 3 aromatic rings. The van der Waals surface area contributed by atoms with E-state index in [1.165, 1.54) is 0 Å². The van der Waals surface area contributed by atoms with Crippen LogP contribution >= 0.6 is 11.6 Å². The van der Waals surface area contributed by atoms with E-state index < -0.39 is 11.6 Å². The minimum Gasteiger partial charge on any atom is -0.458 e. The van der Waals surface area contributed by atoms with Crippen LogP contribution in [0, 0.1) is 0 Å². The Labute approximate surface area is 188 Å².